The highest BCUT2D eigenvalue weighted by Crippen LogP contribution is 2.15. The summed E-state index contributed by atoms with van der Waals surface area (Å²) in [5.41, 5.74) is 0.912. The summed E-state index contributed by atoms with van der Waals surface area (Å²) in [5.74, 6) is 0.679. The monoisotopic (exact) mass is 294 g/mol. The van der Waals surface area contributed by atoms with Crippen molar-refractivity contribution in [2.45, 2.75) is 45.8 Å². The molecule has 2 heterocycles. The molecule has 6 nitrogen and oxygen atoms in total. The number of hydrogen-bond donors (Lipinski definition) is 2. The maximum Gasteiger partial charge on any atom is 0.317 e. The van der Waals surface area contributed by atoms with Crippen molar-refractivity contribution in [3.8, 4) is 0 Å². The number of rotatable bonds is 6. The van der Waals surface area contributed by atoms with Gasteiger partial charge in [-0.3, -0.25) is 5.10 Å². The van der Waals surface area contributed by atoms with Gasteiger partial charge in [-0.05, 0) is 31.2 Å². The van der Waals surface area contributed by atoms with E-state index in [0.717, 1.165) is 44.7 Å². The van der Waals surface area contributed by atoms with E-state index in [-0.39, 0.29) is 6.03 Å². The number of hydrogen-bond acceptors (Lipinski definition) is 3. The summed E-state index contributed by atoms with van der Waals surface area (Å²) in [7, 11) is 0. The highest BCUT2D eigenvalue weighted by Gasteiger charge is 2.23. The number of urea groups is 1. The second kappa shape index (κ2) is 8.02. The molecule has 2 N–H and O–H groups in total. The van der Waals surface area contributed by atoms with Crippen LogP contribution in [0.3, 0.4) is 0 Å². The number of piperidine rings is 1. The summed E-state index contributed by atoms with van der Waals surface area (Å²) >= 11 is 0. The molecular formula is C15H26N4O2. The van der Waals surface area contributed by atoms with Crippen molar-refractivity contribution in [2.75, 3.05) is 19.7 Å². The number of H-pyrrole nitrogens is 1. The number of aromatic amines is 1. The van der Waals surface area contributed by atoms with E-state index in [4.69, 9.17) is 4.74 Å². The average molecular weight is 294 g/mol. The number of carbonyl (C=O) groups excluding carboxylic acids is 1. The predicted octanol–water partition coefficient (Wildman–Crippen LogP) is 2.15. The lowest BCUT2D eigenvalue weighted by Gasteiger charge is -2.32. The minimum absolute atomic E-state index is 0.00905. The van der Waals surface area contributed by atoms with Crippen molar-refractivity contribution in [3.63, 3.8) is 0 Å². The molecule has 2 amide bonds. The molecule has 6 heteroatoms. The molecular weight excluding hydrogens is 268 g/mol. The Morgan fingerprint density at radius 2 is 2.29 bits per heavy atom. The lowest BCUT2D eigenvalue weighted by atomic mass is 10.1. The van der Waals surface area contributed by atoms with E-state index in [9.17, 15) is 4.79 Å². The first-order valence-electron chi connectivity index (χ1n) is 7.77. The van der Waals surface area contributed by atoms with Crippen molar-refractivity contribution in [2.24, 2.45) is 5.92 Å². The standard InChI is InChI=1S/C15H26N4O2/c1-12(2)6-10-21-14-4-8-19(9-5-14)15(20)16-11-13-3-7-17-18-13/h3,7,12,14H,4-6,8-11H2,1-2H3,(H,16,20)(H,17,18). The lowest BCUT2D eigenvalue weighted by Crippen LogP contribution is -2.45. The third-order valence-electron chi connectivity index (χ3n) is 3.77. The zero-order chi connectivity index (χ0) is 15.1. The van der Waals surface area contributed by atoms with Crippen molar-refractivity contribution in [3.05, 3.63) is 18.0 Å². The largest absolute Gasteiger partial charge is 0.378 e. The van der Waals surface area contributed by atoms with Crippen molar-refractivity contribution < 1.29 is 9.53 Å². The number of nitrogens with zero attached hydrogens (tertiary/aromatic N) is 2. The van der Waals surface area contributed by atoms with E-state index < -0.39 is 0 Å². The molecule has 0 unspecified atom stereocenters. The lowest BCUT2D eigenvalue weighted by molar-refractivity contribution is 0.0102. The second-order valence-corrected chi connectivity index (χ2v) is 5.98. The van der Waals surface area contributed by atoms with Gasteiger partial charge in [0.1, 0.15) is 0 Å². The van der Waals surface area contributed by atoms with Gasteiger partial charge in [-0.1, -0.05) is 13.8 Å². The zero-order valence-electron chi connectivity index (χ0n) is 13.0. The molecule has 0 radical (unpaired) electrons. The van der Waals surface area contributed by atoms with Crippen molar-refractivity contribution in [1.29, 1.82) is 0 Å². The number of nitrogens with one attached hydrogen (secondary N) is 2. The van der Waals surface area contributed by atoms with Crippen LogP contribution in [0, 0.1) is 5.92 Å². The smallest absolute Gasteiger partial charge is 0.317 e. The molecule has 1 fully saturated rings. The van der Waals surface area contributed by atoms with Gasteiger partial charge in [0.2, 0.25) is 0 Å². The van der Waals surface area contributed by atoms with Crippen LogP contribution < -0.4 is 5.32 Å². The Morgan fingerprint density at radius 3 is 2.90 bits per heavy atom. The Balaban J connectivity index is 1.62. The van der Waals surface area contributed by atoms with Gasteiger partial charge in [0.15, 0.2) is 0 Å². The molecule has 1 aromatic rings. The van der Waals surface area contributed by atoms with E-state index in [2.05, 4.69) is 29.4 Å². The van der Waals surface area contributed by atoms with E-state index >= 15 is 0 Å². The molecule has 1 aliphatic heterocycles. The van der Waals surface area contributed by atoms with E-state index in [0.29, 0.717) is 18.6 Å². The van der Waals surface area contributed by atoms with Crippen LogP contribution in [-0.2, 0) is 11.3 Å². The molecule has 21 heavy (non-hydrogen) atoms. The first kappa shape index (κ1) is 15.8. The topological polar surface area (TPSA) is 70.2 Å². The Labute approximate surface area is 126 Å². The van der Waals surface area contributed by atoms with Gasteiger partial charge in [-0.15, -0.1) is 0 Å². The second-order valence-electron chi connectivity index (χ2n) is 5.98. The molecule has 0 spiro atoms. The fourth-order valence-corrected chi connectivity index (χ4v) is 2.36. The minimum Gasteiger partial charge on any atom is -0.378 e. The highest BCUT2D eigenvalue weighted by atomic mass is 16.5. The minimum atomic E-state index is -0.00905. The van der Waals surface area contributed by atoms with Gasteiger partial charge < -0.3 is 15.0 Å². The maximum absolute atomic E-state index is 12.0. The number of aromatic nitrogens is 2. The van der Waals surface area contributed by atoms with Crippen LogP contribution in [0.25, 0.3) is 0 Å². The highest BCUT2D eigenvalue weighted by molar-refractivity contribution is 5.74. The predicted molar refractivity (Wildman–Crippen MR) is 80.8 cm³/mol. The number of ether oxygens (including phenoxy) is 1. The summed E-state index contributed by atoms with van der Waals surface area (Å²) in [5, 5.41) is 9.59. The molecule has 1 saturated heterocycles. The molecule has 0 bridgehead atoms. The van der Waals surface area contributed by atoms with Crippen LogP contribution in [0.4, 0.5) is 4.79 Å². The Kier molecular flexibility index (Phi) is 6.04. The SMILES string of the molecule is CC(C)CCOC1CCN(C(=O)NCc2ccn[nH]2)CC1. The third kappa shape index (κ3) is 5.38. The number of likely N-dealkylation sites (tertiary alicyclic amines) is 1. The first-order valence-corrected chi connectivity index (χ1v) is 7.77. The van der Waals surface area contributed by atoms with Gasteiger partial charge in [0, 0.05) is 25.9 Å². The van der Waals surface area contributed by atoms with Crippen LogP contribution in [0.15, 0.2) is 12.3 Å². The average Bonchev–Trinajstić information content (AvgIpc) is 2.98. The summed E-state index contributed by atoms with van der Waals surface area (Å²) in [4.78, 5) is 13.9. The van der Waals surface area contributed by atoms with Crippen LogP contribution in [0.1, 0.15) is 38.8 Å². The van der Waals surface area contributed by atoms with Gasteiger partial charge >= 0.3 is 6.03 Å². The first-order chi connectivity index (χ1) is 10.1. The molecule has 0 aliphatic carbocycles. The Morgan fingerprint density at radius 1 is 1.52 bits per heavy atom. The van der Waals surface area contributed by atoms with Gasteiger partial charge in [0.05, 0.1) is 18.3 Å². The van der Waals surface area contributed by atoms with Gasteiger partial charge in [0.25, 0.3) is 0 Å². The van der Waals surface area contributed by atoms with Crippen LogP contribution in [0.2, 0.25) is 0 Å². The normalized spacial score (nSPS) is 16.4. The molecule has 118 valence electrons. The van der Waals surface area contributed by atoms with E-state index in [1.165, 1.54) is 0 Å². The fraction of sp³-hybridized carbons (Fsp3) is 0.733. The van der Waals surface area contributed by atoms with E-state index in [1.807, 2.05) is 11.0 Å². The van der Waals surface area contributed by atoms with Crippen molar-refractivity contribution in [1.82, 2.24) is 20.4 Å². The fourth-order valence-electron chi connectivity index (χ4n) is 2.36. The molecule has 2 rings (SSSR count). The Bertz CT molecular complexity index is 411. The number of amides is 2. The Hall–Kier alpha value is -1.56. The van der Waals surface area contributed by atoms with Gasteiger partial charge in [-0.2, -0.15) is 5.10 Å². The summed E-state index contributed by atoms with van der Waals surface area (Å²) in [6.07, 6.45) is 4.94. The maximum atomic E-state index is 12.0. The third-order valence-corrected chi connectivity index (χ3v) is 3.77. The summed E-state index contributed by atoms with van der Waals surface area (Å²) in [6.45, 7) is 7.26. The van der Waals surface area contributed by atoms with Crippen molar-refractivity contribution >= 4 is 6.03 Å². The van der Waals surface area contributed by atoms with Crippen LogP contribution >= 0.6 is 0 Å². The molecule has 1 aromatic heterocycles. The molecule has 0 saturated carbocycles. The molecule has 0 aromatic carbocycles. The summed E-state index contributed by atoms with van der Waals surface area (Å²) < 4.78 is 5.87. The molecule has 1 aliphatic rings. The zero-order valence-corrected chi connectivity index (χ0v) is 13.0. The van der Waals surface area contributed by atoms with Crippen LogP contribution in [0.5, 0.6) is 0 Å². The molecule has 0 atom stereocenters. The number of carbonyl (C=O) groups is 1. The van der Waals surface area contributed by atoms with E-state index in [1.54, 1.807) is 6.20 Å². The van der Waals surface area contributed by atoms with Crippen LogP contribution in [-0.4, -0.2) is 46.9 Å². The van der Waals surface area contributed by atoms with Gasteiger partial charge in [-0.25, -0.2) is 4.79 Å². The summed E-state index contributed by atoms with van der Waals surface area (Å²) in [6, 6.07) is 1.85. The quantitative estimate of drug-likeness (QED) is 0.844.